The van der Waals surface area contributed by atoms with E-state index in [1.54, 1.807) is 59.1 Å². The van der Waals surface area contributed by atoms with E-state index in [9.17, 15) is 9.59 Å². The molecule has 3 atom stereocenters. The van der Waals surface area contributed by atoms with Crippen LogP contribution in [0.1, 0.15) is 59.9 Å². The highest BCUT2D eigenvalue weighted by Gasteiger charge is 2.24. The van der Waals surface area contributed by atoms with Gasteiger partial charge in [-0.05, 0) is 83.2 Å². The number of rotatable bonds is 9. The third-order valence-electron chi connectivity index (χ3n) is 5.09. The number of methoxy groups -OCH3 is 1. The van der Waals surface area contributed by atoms with E-state index in [0.717, 1.165) is 25.0 Å². The second kappa shape index (κ2) is 14.9. The maximum absolute atomic E-state index is 12.2. The number of aromatic hydroxyl groups is 1. The van der Waals surface area contributed by atoms with Crippen LogP contribution in [0.5, 0.6) is 11.5 Å². The minimum atomic E-state index is -0.765. The first-order chi connectivity index (χ1) is 16.4. The molecule has 35 heavy (non-hydrogen) atoms. The molecule has 7 heteroatoms. The fourth-order valence-corrected chi connectivity index (χ4v) is 3.28. The van der Waals surface area contributed by atoms with Crippen LogP contribution in [0.25, 0.3) is 0 Å². The predicted octanol–water partition coefficient (Wildman–Crippen LogP) is 5.89. The number of hydrogen-bond acceptors (Lipinski definition) is 6. The molecule has 0 aromatic heterocycles. The highest BCUT2D eigenvalue weighted by molar-refractivity contribution is 5.81. The molecule has 2 aromatic carbocycles. The Morgan fingerprint density at radius 3 is 2.06 bits per heavy atom. The molecule has 0 heterocycles. The zero-order chi connectivity index (χ0) is 26.4. The molecule has 0 saturated carbocycles. The quantitative estimate of drug-likeness (QED) is 0.428. The van der Waals surface area contributed by atoms with Gasteiger partial charge in [-0.15, -0.1) is 0 Å². The van der Waals surface area contributed by atoms with Gasteiger partial charge in [-0.25, -0.2) is 9.59 Å². The molecule has 0 aliphatic heterocycles. The van der Waals surface area contributed by atoms with Crippen LogP contribution in [0.4, 0.5) is 4.79 Å². The first-order valence-electron chi connectivity index (χ1n) is 12.0. The molecule has 0 radical (unpaired) electrons. The molecular weight excluding hydrogens is 446 g/mol. The normalized spacial score (nSPS) is 13.3. The van der Waals surface area contributed by atoms with Crippen molar-refractivity contribution in [3.05, 3.63) is 60.2 Å². The van der Waals surface area contributed by atoms with Crippen LogP contribution in [0.3, 0.4) is 0 Å². The van der Waals surface area contributed by atoms with Gasteiger partial charge >= 0.3 is 12.1 Å². The minimum Gasteiger partial charge on any atom is -0.508 e. The summed E-state index contributed by atoms with van der Waals surface area (Å²) >= 11 is 0. The summed E-state index contributed by atoms with van der Waals surface area (Å²) in [5.74, 6) is 1.09. The van der Waals surface area contributed by atoms with Crippen LogP contribution in [-0.4, -0.2) is 42.0 Å². The van der Waals surface area contributed by atoms with Gasteiger partial charge in [0.1, 0.15) is 23.1 Å². The van der Waals surface area contributed by atoms with Crippen molar-refractivity contribution in [1.82, 2.24) is 5.32 Å². The number of benzene rings is 2. The van der Waals surface area contributed by atoms with E-state index in [0.29, 0.717) is 11.7 Å². The Hall–Kier alpha value is -3.22. The summed E-state index contributed by atoms with van der Waals surface area (Å²) in [4.78, 5) is 24.0. The van der Waals surface area contributed by atoms with Gasteiger partial charge in [0.15, 0.2) is 0 Å². The number of amides is 1. The summed E-state index contributed by atoms with van der Waals surface area (Å²) in [5.41, 5.74) is 0.614. The number of hydrogen-bond donors (Lipinski definition) is 2. The van der Waals surface area contributed by atoms with Gasteiger partial charge in [0, 0.05) is 0 Å². The van der Waals surface area contributed by atoms with Gasteiger partial charge < -0.3 is 24.6 Å². The van der Waals surface area contributed by atoms with Crippen molar-refractivity contribution in [2.24, 2.45) is 5.92 Å². The van der Waals surface area contributed by atoms with Crippen molar-refractivity contribution in [2.45, 2.75) is 78.6 Å². The first-order valence-corrected chi connectivity index (χ1v) is 12.0. The van der Waals surface area contributed by atoms with Gasteiger partial charge in [0.2, 0.25) is 0 Å². The second-order valence-corrected chi connectivity index (χ2v) is 9.51. The van der Waals surface area contributed by atoms with E-state index in [1.165, 1.54) is 5.56 Å². The van der Waals surface area contributed by atoms with E-state index in [4.69, 9.17) is 19.3 Å². The molecule has 7 nitrogen and oxygen atoms in total. The molecule has 0 aliphatic rings. The molecule has 2 aromatic rings. The summed E-state index contributed by atoms with van der Waals surface area (Å²) in [7, 11) is 1.65. The summed E-state index contributed by atoms with van der Waals surface area (Å²) in [6.45, 7) is 10.9. The number of nitrogens with one attached hydrogen (secondary N) is 1. The molecule has 0 aliphatic carbocycles. The molecule has 2 rings (SSSR count). The van der Waals surface area contributed by atoms with E-state index in [-0.39, 0.29) is 6.10 Å². The minimum absolute atomic E-state index is 0.237. The van der Waals surface area contributed by atoms with Gasteiger partial charge in [0.05, 0.1) is 13.2 Å². The monoisotopic (exact) mass is 487 g/mol. The Labute approximate surface area is 209 Å². The van der Waals surface area contributed by atoms with Crippen LogP contribution in [0.2, 0.25) is 0 Å². The Morgan fingerprint density at radius 1 is 1.00 bits per heavy atom. The molecule has 2 N–H and O–H groups in total. The highest BCUT2D eigenvalue weighted by atomic mass is 16.6. The van der Waals surface area contributed by atoms with E-state index in [2.05, 4.69) is 24.4 Å². The van der Waals surface area contributed by atoms with Crippen molar-refractivity contribution in [1.29, 1.82) is 0 Å². The Bertz CT molecular complexity index is 877. The van der Waals surface area contributed by atoms with Gasteiger partial charge in [-0.1, -0.05) is 43.7 Å². The predicted molar refractivity (Wildman–Crippen MR) is 138 cm³/mol. The first kappa shape index (κ1) is 29.8. The summed E-state index contributed by atoms with van der Waals surface area (Å²) in [5, 5.41) is 11.1. The van der Waals surface area contributed by atoms with Gasteiger partial charge in [-0.3, -0.25) is 0 Å². The molecule has 0 saturated heterocycles. The fourth-order valence-electron chi connectivity index (χ4n) is 3.28. The van der Waals surface area contributed by atoms with Crippen molar-refractivity contribution >= 4 is 12.1 Å². The van der Waals surface area contributed by atoms with Crippen molar-refractivity contribution in [3.8, 4) is 11.5 Å². The Kier molecular flexibility index (Phi) is 12.7. The zero-order valence-electron chi connectivity index (χ0n) is 22.0. The number of ether oxygens (including phenoxy) is 3. The van der Waals surface area contributed by atoms with Crippen LogP contribution < -0.4 is 10.1 Å². The lowest BCUT2D eigenvalue weighted by Gasteiger charge is -2.23. The lowest BCUT2D eigenvalue weighted by Crippen LogP contribution is -2.43. The molecule has 0 spiro atoms. The Morgan fingerprint density at radius 2 is 1.60 bits per heavy atom. The number of phenolic OH excluding ortho intramolecular Hbond substituents is 1. The van der Waals surface area contributed by atoms with E-state index < -0.39 is 23.7 Å². The summed E-state index contributed by atoms with van der Waals surface area (Å²) in [6.07, 6.45) is 1.79. The number of alkyl carbamates (subject to hydrolysis) is 1. The maximum Gasteiger partial charge on any atom is 0.408 e. The topological polar surface area (TPSA) is 94.1 Å². The summed E-state index contributed by atoms with van der Waals surface area (Å²) in [6, 6.07) is 16.0. The number of carbonyl (C=O) groups is 2. The molecule has 0 fully saturated rings. The standard InChI is InChI=1S/C22H35NO5.C6H6O/c1-8-17(14-18-9-11-19(26-7)12-10-18)13-15(2)27-20(24)16(3)23-21(25)28-22(4,5)6;7-6-4-2-1-3-5-6/h9-12,15-17H,8,13-14H2,1-7H3,(H,23,25);1-5,7H/t15?,16-,17?;/m0./s1. The SMILES string of the molecule is CCC(Cc1ccc(OC)cc1)CC(C)OC(=O)[C@H](C)NC(=O)OC(C)(C)C.Oc1ccccc1. The molecule has 194 valence electrons. The second-order valence-electron chi connectivity index (χ2n) is 9.51. The molecular formula is C28H41NO6. The van der Waals surface area contributed by atoms with E-state index in [1.807, 2.05) is 25.1 Å². The maximum atomic E-state index is 12.2. The van der Waals surface area contributed by atoms with Crippen LogP contribution in [-0.2, 0) is 20.7 Å². The average molecular weight is 488 g/mol. The smallest absolute Gasteiger partial charge is 0.408 e. The van der Waals surface area contributed by atoms with Crippen molar-refractivity contribution in [3.63, 3.8) is 0 Å². The molecule has 2 unspecified atom stereocenters. The summed E-state index contributed by atoms with van der Waals surface area (Å²) < 4.78 is 15.9. The van der Waals surface area contributed by atoms with Crippen molar-refractivity contribution < 1.29 is 28.9 Å². The van der Waals surface area contributed by atoms with Crippen LogP contribution in [0.15, 0.2) is 54.6 Å². The van der Waals surface area contributed by atoms with Gasteiger partial charge in [-0.2, -0.15) is 0 Å². The van der Waals surface area contributed by atoms with Gasteiger partial charge in [0.25, 0.3) is 0 Å². The molecule has 0 bridgehead atoms. The number of para-hydroxylation sites is 1. The van der Waals surface area contributed by atoms with Crippen LogP contribution >= 0.6 is 0 Å². The largest absolute Gasteiger partial charge is 0.508 e. The average Bonchev–Trinajstić information content (AvgIpc) is 2.78. The van der Waals surface area contributed by atoms with Crippen molar-refractivity contribution in [2.75, 3.05) is 7.11 Å². The fraction of sp³-hybridized carbons (Fsp3) is 0.500. The highest BCUT2D eigenvalue weighted by Crippen LogP contribution is 2.21. The number of esters is 1. The third-order valence-corrected chi connectivity index (χ3v) is 5.09. The number of phenols is 1. The Balaban J connectivity index is 0.000000744. The molecule has 1 amide bonds. The number of carbonyl (C=O) groups excluding carboxylic acids is 2. The van der Waals surface area contributed by atoms with E-state index >= 15 is 0 Å². The zero-order valence-corrected chi connectivity index (χ0v) is 22.0. The lowest BCUT2D eigenvalue weighted by molar-refractivity contribution is -0.151. The van der Waals surface area contributed by atoms with Crippen LogP contribution in [0, 0.1) is 5.92 Å². The lowest BCUT2D eigenvalue weighted by atomic mass is 9.92. The third kappa shape index (κ3) is 13.3.